The molecule has 2 N–H and O–H groups in total. The summed E-state index contributed by atoms with van der Waals surface area (Å²) in [6.07, 6.45) is 3.62. The average molecular weight is 202 g/mol. The van der Waals surface area contributed by atoms with Crippen LogP contribution in [0.2, 0.25) is 0 Å². The molecule has 0 bridgehead atoms. The molecule has 0 radical (unpaired) electrons. The molecule has 1 aromatic carbocycles. The number of hydrogen-bond donors (Lipinski definition) is 1. The summed E-state index contributed by atoms with van der Waals surface area (Å²) < 4.78 is 0. The highest BCUT2D eigenvalue weighted by molar-refractivity contribution is 5.33. The van der Waals surface area contributed by atoms with Gasteiger partial charge in [0, 0.05) is 25.2 Å². The van der Waals surface area contributed by atoms with Gasteiger partial charge in [0.1, 0.15) is 0 Å². The van der Waals surface area contributed by atoms with Crippen LogP contribution in [0.15, 0.2) is 24.3 Å². The molecule has 2 aliphatic rings. The Kier molecular flexibility index (Phi) is 2.26. The van der Waals surface area contributed by atoms with E-state index in [1.807, 2.05) is 0 Å². The first-order chi connectivity index (χ1) is 7.33. The molecule has 1 atom stereocenters. The smallest absolute Gasteiger partial charge is 0.0180 e. The molecule has 2 heteroatoms. The van der Waals surface area contributed by atoms with Crippen molar-refractivity contribution in [2.24, 2.45) is 5.73 Å². The van der Waals surface area contributed by atoms with E-state index in [0.29, 0.717) is 6.04 Å². The molecule has 1 fully saturated rings. The van der Waals surface area contributed by atoms with Crippen molar-refractivity contribution in [3.05, 3.63) is 35.4 Å². The minimum Gasteiger partial charge on any atom is -0.326 e. The van der Waals surface area contributed by atoms with Crippen LogP contribution in [0.1, 0.15) is 17.5 Å². The summed E-state index contributed by atoms with van der Waals surface area (Å²) >= 11 is 0. The highest BCUT2D eigenvalue weighted by Gasteiger charge is 2.30. The van der Waals surface area contributed by atoms with Gasteiger partial charge in [-0.15, -0.1) is 0 Å². The Labute approximate surface area is 91.1 Å². The van der Waals surface area contributed by atoms with Crippen LogP contribution >= 0.6 is 0 Å². The largest absolute Gasteiger partial charge is 0.326 e. The van der Waals surface area contributed by atoms with Crippen LogP contribution in [-0.4, -0.2) is 30.1 Å². The maximum Gasteiger partial charge on any atom is 0.0180 e. The van der Waals surface area contributed by atoms with E-state index in [1.165, 1.54) is 25.8 Å². The fourth-order valence-electron chi connectivity index (χ4n) is 2.94. The molecule has 1 heterocycles. The van der Waals surface area contributed by atoms with Crippen LogP contribution in [0.5, 0.6) is 0 Å². The van der Waals surface area contributed by atoms with Gasteiger partial charge in [0.2, 0.25) is 0 Å². The van der Waals surface area contributed by atoms with Crippen molar-refractivity contribution in [2.75, 3.05) is 13.1 Å². The minimum absolute atomic E-state index is 0.411. The first-order valence-electron chi connectivity index (χ1n) is 5.89. The number of likely N-dealkylation sites (tertiary alicyclic amines) is 1. The summed E-state index contributed by atoms with van der Waals surface area (Å²) in [6, 6.07) is 9.97. The summed E-state index contributed by atoms with van der Waals surface area (Å²) in [6.45, 7) is 2.29. The van der Waals surface area contributed by atoms with E-state index < -0.39 is 0 Å². The molecule has 15 heavy (non-hydrogen) atoms. The summed E-state index contributed by atoms with van der Waals surface area (Å²) in [5.74, 6) is 0. The molecule has 80 valence electrons. The summed E-state index contributed by atoms with van der Waals surface area (Å²) in [4.78, 5) is 2.57. The average Bonchev–Trinajstić information content (AvgIpc) is 2.82. The van der Waals surface area contributed by atoms with Gasteiger partial charge in [0.05, 0.1) is 0 Å². The zero-order valence-electron chi connectivity index (χ0n) is 9.02. The molecule has 1 saturated heterocycles. The molecule has 1 unspecified atom stereocenters. The maximum absolute atomic E-state index is 5.96. The van der Waals surface area contributed by atoms with Crippen molar-refractivity contribution in [2.45, 2.75) is 31.3 Å². The Balaban J connectivity index is 1.73. The lowest BCUT2D eigenvalue weighted by atomic mass is 10.1. The fourth-order valence-corrected chi connectivity index (χ4v) is 2.94. The summed E-state index contributed by atoms with van der Waals surface area (Å²) in [7, 11) is 0. The maximum atomic E-state index is 5.96. The van der Waals surface area contributed by atoms with Crippen molar-refractivity contribution in [1.29, 1.82) is 0 Å². The monoisotopic (exact) mass is 202 g/mol. The SMILES string of the molecule is NC1CCN(C2Cc3ccccc3C2)C1. The first kappa shape index (κ1) is 9.37. The lowest BCUT2D eigenvalue weighted by Gasteiger charge is -2.22. The second-order valence-electron chi connectivity index (χ2n) is 4.87. The molecule has 3 rings (SSSR count). The van der Waals surface area contributed by atoms with Gasteiger partial charge in [0.25, 0.3) is 0 Å². The molecule has 0 saturated carbocycles. The molecule has 1 aromatic rings. The number of hydrogen-bond acceptors (Lipinski definition) is 2. The van der Waals surface area contributed by atoms with E-state index in [2.05, 4.69) is 29.2 Å². The van der Waals surface area contributed by atoms with Crippen LogP contribution in [0.3, 0.4) is 0 Å². The first-order valence-corrected chi connectivity index (χ1v) is 5.89. The molecule has 2 nitrogen and oxygen atoms in total. The zero-order chi connectivity index (χ0) is 10.3. The van der Waals surface area contributed by atoms with Crippen molar-refractivity contribution in [1.82, 2.24) is 4.90 Å². The second kappa shape index (κ2) is 3.62. The Morgan fingerprint density at radius 3 is 2.33 bits per heavy atom. The lowest BCUT2D eigenvalue weighted by molar-refractivity contribution is 0.247. The molecular weight excluding hydrogens is 184 g/mol. The highest BCUT2D eigenvalue weighted by atomic mass is 15.2. The van der Waals surface area contributed by atoms with Gasteiger partial charge >= 0.3 is 0 Å². The normalized spacial score (nSPS) is 27.1. The molecular formula is C13H18N2. The number of nitrogens with two attached hydrogens (primary N) is 1. The van der Waals surface area contributed by atoms with Gasteiger partial charge in [-0.25, -0.2) is 0 Å². The standard InChI is InChI=1S/C13H18N2/c14-12-5-6-15(9-12)13-7-10-3-1-2-4-11(10)8-13/h1-4,12-13H,5-9,14H2. The van der Waals surface area contributed by atoms with Gasteiger partial charge in [-0.05, 0) is 30.4 Å². The highest BCUT2D eigenvalue weighted by Crippen LogP contribution is 2.27. The number of benzene rings is 1. The molecule has 0 aromatic heterocycles. The third kappa shape index (κ3) is 1.68. The van der Waals surface area contributed by atoms with E-state index in [-0.39, 0.29) is 0 Å². The quantitative estimate of drug-likeness (QED) is 0.741. The van der Waals surface area contributed by atoms with Crippen molar-refractivity contribution in [3.8, 4) is 0 Å². The summed E-state index contributed by atoms with van der Waals surface area (Å²) in [5, 5.41) is 0. The van der Waals surface area contributed by atoms with E-state index in [1.54, 1.807) is 11.1 Å². The Morgan fingerprint density at radius 1 is 1.13 bits per heavy atom. The molecule has 1 aliphatic carbocycles. The number of rotatable bonds is 1. The van der Waals surface area contributed by atoms with Crippen LogP contribution in [0, 0.1) is 0 Å². The number of nitrogens with zero attached hydrogens (tertiary/aromatic N) is 1. The fraction of sp³-hybridized carbons (Fsp3) is 0.538. The van der Waals surface area contributed by atoms with Crippen LogP contribution < -0.4 is 5.73 Å². The van der Waals surface area contributed by atoms with Gasteiger partial charge in [-0.1, -0.05) is 24.3 Å². The van der Waals surface area contributed by atoms with Crippen molar-refractivity contribution in [3.63, 3.8) is 0 Å². The Bertz CT molecular complexity index is 336. The van der Waals surface area contributed by atoms with Crippen LogP contribution in [0.4, 0.5) is 0 Å². The van der Waals surface area contributed by atoms with Crippen LogP contribution in [-0.2, 0) is 12.8 Å². The van der Waals surface area contributed by atoms with E-state index in [9.17, 15) is 0 Å². The molecule has 0 amide bonds. The van der Waals surface area contributed by atoms with Crippen molar-refractivity contribution < 1.29 is 0 Å². The van der Waals surface area contributed by atoms with Gasteiger partial charge < -0.3 is 5.73 Å². The topological polar surface area (TPSA) is 29.3 Å². The minimum atomic E-state index is 0.411. The second-order valence-corrected chi connectivity index (χ2v) is 4.87. The zero-order valence-corrected chi connectivity index (χ0v) is 9.02. The molecule has 0 spiro atoms. The summed E-state index contributed by atoms with van der Waals surface area (Å²) in [5.41, 5.74) is 9.04. The Morgan fingerprint density at radius 2 is 1.80 bits per heavy atom. The third-order valence-electron chi connectivity index (χ3n) is 3.80. The predicted octanol–water partition coefficient (Wildman–Crippen LogP) is 1.19. The Hall–Kier alpha value is -0.860. The van der Waals surface area contributed by atoms with Gasteiger partial charge in [0.15, 0.2) is 0 Å². The van der Waals surface area contributed by atoms with Gasteiger partial charge in [-0.2, -0.15) is 0 Å². The predicted molar refractivity (Wildman–Crippen MR) is 61.8 cm³/mol. The van der Waals surface area contributed by atoms with Gasteiger partial charge in [-0.3, -0.25) is 4.90 Å². The van der Waals surface area contributed by atoms with Crippen molar-refractivity contribution >= 4 is 0 Å². The van der Waals surface area contributed by atoms with Crippen LogP contribution in [0.25, 0.3) is 0 Å². The molecule has 1 aliphatic heterocycles. The lowest BCUT2D eigenvalue weighted by Crippen LogP contribution is -2.36. The van der Waals surface area contributed by atoms with E-state index >= 15 is 0 Å². The van der Waals surface area contributed by atoms with E-state index in [4.69, 9.17) is 5.73 Å². The van der Waals surface area contributed by atoms with E-state index in [0.717, 1.165) is 12.6 Å². The number of fused-ring (bicyclic) bond motifs is 1. The third-order valence-corrected chi connectivity index (χ3v) is 3.80.